The lowest BCUT2D eigenvalue weighted by Gasteiger charge is -2.22. The van der Waals surface area contributed by atoms with Gasteiger partial charge in [-0.05, 0) is 37.6 Å². The zero-order valence-corrected chi connectivity index (χ0v) is 18.4. The number of nitriles is 1. The Morgan fingerprint density at radius 2 is 1.80 bits per heavy atom. The lowest BCUT2D eigenvalue weighted by atomic mass is 10.0. The van der Waals surface area contributed by atoms with Crippen LogP contribution in [0.15, 0.2) is 30.5 Å². The van der Waals surface area contributed by atoms with E-state index in [4.69, 9.17) is 32.2 Å². The van der Waals surface area contributed by atoms with Crippen molar-refractivity contribution in [2.75, 3.05) is 13.2 Å². The van der Waals surface area contributed by atoms with Crippen LogP contribution in [0, 0.1) is 11.3 Å². The molecule has 1 aromatic carbocycles. The highest BCUT2D eigenvalue weighted by Gasteiger charge is 2.36. The summed E-state index contributed by atoms with van der Waals surface area (Å²) < 4.78 is 62.0. The van der Waals surface area contributed by atoms with Gasteiger partial charge in [0.15, 0.2) is 5.66 Å². The van der Waals surface area contributed by atoms with E-state index in [0.29, 0.717) is 17.3 Å². The van der Waals surface area contributed by atoms with Gasteiger partial charge in [-0.2, -0.15) is 18.4 Å². The molecule has 0 amide bonds. The molecular weight excluding hydrogens is 463 g/mol. The minimum Gasteiger partial charge on any atom is -0.308 e. The first-order valence-corrected chi connectivity index (χ1v) is 11.2. The summed E-state index contributed by atoms with van der Waals surface area (Å²) in [7, 11) is -3.72. The van der Waals surface area contributed by atoms with Crippen LogP contribution in [0.1, 0.15) is 25.0 Å². The Morgan fingerprint density at radius 3 is 2.30 bits per heavy atom. The monoisotopic (exact) mass is 480 g/mol. The van der Waals surface area contributed by atoms with E-state index in [0.717, 1.165) is 6.07 Å². The third-order valence-electron chi connectivity index (χ3n) is 4.05. The number of aromatic nitrogens is 1. The number of alkyl halides is 3. The van der Waals surface area contributed by atoms with Crippen LogP contribution in [-0.4, -0.2) is 23.9 Å². The van der Waals surface area contributed by atoms with Crippen molar-refractivity contribution in [3.8, 4) is 17.3 Å². The fraction of sp³-hybridized carbons (Fsp3) is 0.368. The first kappa shape index (κ1) is 24.6. The summed E-state index contributed by atoms with van der Waals surface area (Å²) in [5.74, 6) is 0. The zero-order valence-electron chi connectivity index (χ0n) is 16.0. The summed E-state index contributed by atoms with van der Waals surface area (Å²) in [4.78, 5) is 3.83. The summed E-state index contributed by atoms with van der Waals surface area (Å²) in [6, 6.07) is 7.31. The Labute approximate surface area is 182 Å². The van der Waals surface area contributed by atoms with Crippen LogP contribution in [0.5, 0.6) is 0 Å². The van der Waals surface area contributed by atoms with Crippen LogP contribution < -0.4 is 0 Å². The number of hydrogen-bond donors (Lipinski definition) is 0. The van der Waals surface area contributed by atoms with Gasteiger partial charge in [0.25, 0.3) is 0 Å². The van der Waals surface area contributed by atoms with E-state index < -0.39 is 25.0 Å². The largest absolute Gasteiger partial charge is 0.417 e. The maximum atomic E-state index is 13.0. The van der Waals surface area contributed by atoms with E-state index >= 15 is 0 Å². The van der Waals surface area contributed by atoms with Crippen LogP contribution in [0.25, 0.3) is 11.3 Å². The topological polar surface area (TPSA) is 72.2 Å². The quantitative estimate of drug-likeness (QED) is 0.389. The molecule has 0 aliphatic carbocycles. The van der Waals surface area contributed by atoms with E-state index in [1.807, 2.05) is 6.07 Å². The number of halogens is 5. The predicted octanol–water partition coefficient (Wildman–Crippen LogP) is 6.77. The molecule has 0 N–H and O–H groups in total. The predicted molar refractivity (Wildman–Crippen MR) is 109 cm³/mol. The van der Waals surface area contributed by atoms with Crippen LogP contribution in [-0.2, 0) is 26.2 Å². The molecular formula is C19H18Cl2F3N2O3P. The second-order valence-corrected chi connectivity index (χ2v) is 9.12. The van der Waals surface area contributed by atoms with Crippen LogP contribution in [0.3, 0.4) is 0 Å². The zero-order chi connectivity index (χ0) is 22.5. The third kappa shape index (κ3) is 5.75. The molecule has 0 saturated heterocycles. The Balaban J connectivity index is 2.42. The molecule has 0 spiro atoms. The Bertz CT molecular complexity index is 986. The molecule has 11 heteroatoms. The molecule has 0 bridgehead atoms. The highest BCUT2D eigenvalue weighted by molar-refractivity contribution is 7.55. The summed E-state index contributed by atoms with van der Waals surface area (Å²) in [6.45, 7) is 3.45. The van der Waals surface area contributed by atoms with Crippen molar-refractivity contribution in [1.82, 2.24) is 4.98 Å². The fourth-order valence-corrected chi connectivity index (χ4v) is 4.88. The number of benzene rings is 1. The van der Waals surface area contributed by atoms with Gasteiger partial charge in [0.1, 0.15) is 0 Å². The molecule has 0 aliphatic heterocycles. The van der Waals surface area contributed by atoms with Crippen molar-refractivity contribution in [2.45, 2.75) is 32.1 Å². The highest BCUT2D eigenvalue weighted by Crippen LogP contribution is 2.54. The Morgan fingerprint density at radius 1 is 1.17 bits per heavy atom. The van der Waals surface area contributed by atoms with E-state index in [2.05, 4.69) is 4.98 Å². The molecule has 2 rings (SSSR count). The van der Waals surface area contributed by atoms with E-state index in [-0.39, 0.29) is 35.4 Å². The summed E-state index contributed by atoms with van der Waals surface area (Å²) in [5, 5.41) is 9.63. The number of pyridine rings is 1. The van der Waals surface area contributed by atoms with Gasteiger partial charge in [0.05, 0.1) is 35.6 Å². The second-order valence-electron chi connectivity index (χ2n) is 6.08. The molecule has 0 radical (unpaired) electrons. The lowest BCUT2D eigenvalue weighted by molar-refractivity contribution is -0.137. The van der Waals surface area contributed by atoms with E-state index in [1.54, 1.807) is 19.9 Å². The van der Waals surface area contributed by atoms with Gasteiger partial charge in [0.2, 0.25) is 0 Å². The maximum Gasteiger partial charge on any atom is 0.417 e. The lowest BCUT2D eigenvalue weighted by Crippen LogP contribution is -2.15. The van der Waals surface area contributed by atoms with Gasteiger partial charge in [-0.15, -0.1) is 0 Å². The standard InChI is InChI=1S/C19H18Cl2F3N2O3P/c1-3-28-30(27,29-4-2)15(10-25)8-13-7-12(5-6-16(13)20)18-17(21)9-14(11-26-18)19(22,23)24/h5-7,9,11,15H,3-4,8H2,1-2H3. The van der Waals surface area contributed by atoms with Gasteiger partial charge in [-0.3, -0.25) is 9.55 Å². The molecule has 1 unspecified atom stereocenters. The highest BCUT2D eigenvalue weighted by atomic mass is 35.5. The Hall–Kier alpha value is -1.62. The first-order chi connectivity index (χ1) is 14.1. The molecule has 0 fully saturated rings. The molecule has 1 atom stereocenters. The van der Waals surface area contributed by atoms with Crippen molar-refractivity contribution in [3.05, 3.63) is 51.6 Å². The average Bonchev–Trinajstić information content (AvgIpc) is 2.67. The summed E-state index contributed by atoms with van der Waals surface area (Å²) in [6.07, 6.45) is -3.94. The SMILES string of the molecule is CCOP(=O)(OCC)C(C#N)Cc1cc(-c2ncc(C(F)(F)F)cc2Cl)ccc1Cl. The minimum absolute atomic E-state index is 0.0568. The fourth-order valence-electron chi connectivity index (χ4n) is 2.70. The summed E-state index contributed by atoms with van der Waals surface area (Å²) in [5.41, 5.74) is -1.15. The molecule has 5 nitrogen and oxygen atoms in total. The van der Waals surface area contributed by atoms with Gasteiger partial charge in [0, 0.05) is 23.2 Å². The van der Waals surface area contributed by atoms with E-state index in [1.165, 1.54) is 12.1 Å². The molecule has 1 aromatic heterocycles. The molecule has 2 aromatic rings. The van der Waals surface area contributed by atoms with Gasteiger partial charge in [-0.1, -0.05) is 29.3 Å². The maximum absolute atomic E-state index is 13.0. The summed E-state index contributed by atoms with van der Waals surface area (Å²) >= 11 is 12.2. The first-order valence-electron chi connectivity index (χ1n) is 8.85. The van der Waals surface area contributed by atoms with Gasteiger partial charge >= 0.3 is 13.8 Å². The third-order valence-corrected chi connectivity index (χ3v) is 7.00. The number of hydrogen-bond acceptors (Lipinski definition) is 5. The average molecular weight is 481 g/mol. The Kier molecular flexibility index (Phi) is 8.32. The van der Waals surface area contributed by atoms with Crippen LogP contribution in [0.4, 0.5) is 13.2 Å². The van der Waals surface area contributed by atoms with Gasteiger partial charge in [-0.25, -0.2) is 0 Å². The van der Waals surface area contributed by atoms with E-state index in [9.17, 15) is 23.0 Å². The smallest absolute Gasteiger partial charge is 0.308 e. The van der Waals surface area contributed by atoms with Crippen molar-refractivity contribution in [3.63, 3.8) is 0 Å². The van der Waals surface area contributed by atoms with Crippen molar-refractivity contribution in [1.29, 1.82) is 5.26 Å². The van der Waals surface area contributed by atoms with Crippen LogP contribution in [0.2, 0.25) is 10.0 Å². The number of rotatable bonds is 8. The van der Waals surface area contributed by atoms with Crippen molar-refractivity contribution >= 4 is 30.8 Å². The minimum atomic E-state index is -4.57. The van der Waals surface area contributed by atoms with Crippen LogP contribution >= 0.6 is 30.8 Å². The molecule has 0 aliphatic rings. The second kappa shape index (κ2) is 10.1. The van der Waals surface area contributed by atoms with Crippen molar-refractivity contribution in [2.24, 2.45) is 0 Å². The number of nitrogens with zero attached hydrogens (tertiary/aromatic N) is 2. The molecule has 1 heterocycles. The molecule has 162 valence electrons. The molecule has 30 heavy (non-hydrogen) atoms. The van der Waals surface area contributed by atoms with Crippen molar-refractivity contribution < 1.29 is 26.8 Å². The van der Waals surface area contributed by atoms with Gasteiger partial charge < -0.3 is 9.05 Å². The normalized spacial score (nSPS) is 13.1. The molecule has 0 saturated carbocycles.